The summed E-state index contributed by atoms with van der Waals surface area (Å²) in [5, 5.41) is 10.9. The molecule has 1 aromatic heterocycles. The lowest BCUT2D eigenvalue weighted by Gasteiger charge is -2.26. The van der Waals surface area contributed by atoms with Crippen molar-refractivity contribution in [2.75, 3.05) is 0 Å². The van der Waals surface area contributed by atoms with Gasteiger partial charge in [0.1, 0.15) is 17.6 Å². The third-order valence-corrected chi connectivity index (χ3v) is 3.11. The van der Waals surface area contributed by atoms with Crippen LogP contribution >= 0.6 is 11.6 Å². The van der Waals surface area contributed by atoms with E-state index in [2.05, 4.69) is 4.98 Å². The van der Waals surface area contributed by atoms with Crippen molar-refractivity contribution < 1.29 is 14.1 Å². The van der Waals surface area contributed by atoms with E-state index in [0.717, 1.165) is 6.20 Å². The van der Waals surface area contributed by atoms with Crippen molar-refractivity contribution in [3.8, 4) is 5.88 Å². The largest absolute Gasteiger partial charge is 0.467 e. The summed E-state index contributed by atoms with van der Waals surface area (Å²) in [7, 11) is 0. The minimum absolute atomic E-state index is 0.141. The standard InChI is InChI=1S/C14H12ClFN2O3/c1-14(2,11-5-3-9(15)7-12(11)16)21-13-6-4-10(8-17-13)18(19)20/h3-8H,1-2H3. The van der Waals surface area contributed by atoms with Gasteiger partial charge in [-0.05, 0) is 26.0 Å². The van der Waals surface area contributed by atoms with Crippen LogP contribution in [0.15, 0.2) is 36.5 Å². The Bertz CT molecular complexity index is 674. The molecule has 7 heteroatoms. The molecule has 2 aromatic rings. The van der Waals surface area contributed by atoms with E-state index in [1.165, 1.54) is 24.3 Å². The molecule has 0 amide bonds. The lowest BCUT2D eigenvalue weighted by molar-refractivity contribution is -0.385. The Labute approximate surface area is 125 Å². The van der Waals surface area contributed by atoms with Crippen molar-refractivity contribution in [2.24, 2.45) is 0 Å². The molecular formula is C14H12ClFN2O3. The van der Waals surface area contributed by atoms with Gasteiger partial charge in [-0.3, -0.25) is 10.1 Å². The lowest BCUT2D eigenvalue weighted by Crippen LogP contribution is -2.27. The zero-order chi connectivity index (χ0) is 15.6. The van der Waals surface area contributed by atoms with Crippen LogP contribution in [0.1, 0.15) is 19.4 Å². The van der Waals surface area contributed by atoms with E-state index in [-0.39, 0.29) is 11.6 Å². The molecule has 5 nitrogen and oxygen atoms in total. The zero-order valence-corrected chi connectivity index (χ0v) is 12.1. The Morgan fingerprint density at radius 1 is 1.33 bits per heavy atom. The number of nitro groups is 1. The summed E-state index contributed by atoms with van der Waals surface area (Å²) in [6, 6.07) is 6.94. The van der Waals surface area contributed by atoms with Crippen LogP contribution in [0.4, 0.5) is 10.1 Å². The second-order valence-electron chi connectivity index (χ2n) is 4.85. The summed E-state index contributed by atoms with van der Waals surface area (Å²) in [6.45, 7) is 3.34. The first-order chi connectivity index (χ1) is 9.79. The third kappa shape index (κ3) is 3.46. The smallest absolute Gasteiger partial charge is 0.287 e. The molecule has 0 N–H and O–H groups in total. The predicted octanol–water partition coefficient (Wildman–Crippen LogP) is 4.10. The van der Waals surface area contributed by atoms with E-state index < -0.39 is 16.3 Å². The lowest BCUT2D eigenvalue weighted by atomic mass is 9.97. The number of rotatable bonds is 4. The topological polar surface area (TPSA) is 65.3 Å². The van der Waals surface area contributed by atoms with E-state index >= 15 is 0 Å². The third-order valence-electron chi connectivity index (χ3n) is 2.87. The molecule has 0 unspecified atom stereocenters. The summed E-state index contributed by atoms with van der Waals surface area (Å²) in [5.74, 6) is -0.325. The summed E-state index contributed by atoms with van der Waals surface area (Å²) in [4.78, 5) is 13.8. The van der Waals surface area contributed by atoms with Crippen molar-refractivity contribution in [2.45, 2.75) is 19.4 Å². The number of halogens is 2. The van der Waals surface area contributed by atoms with Crippen LogP contribution < -0.4 is 4.74 Å². The Kier molecular flexibility index (Phi) is 4.09. The molecule has 0 aliphatic rings. The average molecular weight is 311 g/mol. The van der Waals surface area contributed by atoms with Gasteiger partial charge in [0.15, 0.2) is 0 Å². The average Bonchev–Trinajstić information content (AvgIpc) is 2.38. The Morgan fingerprint density at radius 3 is 2.57 bits per heavy atom. The fourth-order valence-corrected chi connectivity index (χ4v) is 1.99. The molecular weight excluding hydrogens is 299 g/mol. The van der Waals surface area contributed by atoms with Gasteiger partial charge in [0.05, 0.1) is 4.92 Å². The van der Waals surface area contributed by atoms with Crippen LogP contribution in [-0.4, -0.2) is 9.91 Å². The maximum atomic E-state index is 13.9. The van der Waals surface area contributed by atoms with Crippen LogP contribution in [0, 0.1) is 15.9 Å². The second kappa shape index (κ2) is 5.65. The number of ether oxygens (including phenoxy) is 1. The molecule has 21 heavy (non-hydrogen) atoms. The molecule has 0 spiro atoms. The normalized spacial score (nSPS) is 11.2. The monoisotopic (exact) mass is 310 g/mol. The van der Waals surface area contributed by atoms with Gasteiger partial charge in [0.25, 0.3) is 5.69 Å². The first-order valence-corrected chi connectivity index (χ1v) is 6.42. The van der Waals surface area contributed by atoms with Crippen LogP contribution in [0.5, 0.6) is 5.88 Å². The van der Waals surface area contributed by atoms with Crippen molar-refractivity contribution >= 4 is 17.3 Å². The molecule has 1 aromatic carbocycles. The van der Waals surface area contributed by atoms with Crippen LogP contribution in [-0.2, 0) is 5.60 Å². The highest BCUT2D eigenvalue weighted by molar-refractivity contribution is 6.30. The minimum Gasteiger partial charge on any atom is -0.467 e. The minimum atomic E-state index is -1.00. The summed E-state index contributed by atoms with van der Waals surface area (Å²) < 4.78 is 19.6. The number of hydrogen-bond donors (Lipinski definition) is 0. The maximum absolute atomic E-state index is 13.9. The van der Waals surface area contributed by atoms with Crippen LogP contribution in [0.2, 0.25) is 5.02 Å². The van der Waals surface area contributed by atoms with E-state index in [1.807, 2.05) is 0 Å². The van der Waals surface area contributed by atoms with Gasteiger partial charge in [0.2, 0.25) is 5.88 Å². The Hall–Kier alpha value is -2.21. The Balaban J connectivity index is 2.25. The number of aromatic nitrogens is 1. The first-order valence-electron chi connectivity index (χ1n) is 6.04. The highest BCUT2D eigenvalue weighted by Gasteiger charge is 2.27. The molecule has 0 bridgehead atoms. The predicted molar refractivity (Wildman–Crippen MR) is 76.0 cm³/mol. The van der Waals surface area contributed by atoms with Gasteiger partial charge in [-0.1, -0.05) is 17.7 Å². The van der Waals surface area contributed by atoms with Gasteiger partial charge in [0, 0.05) is 22.7 Å². The van der Waals surface area contributed by atoms with E-state index in [4.69, 9.17) is 16.3 Å². The molecule has 0 saturated carbocycles. The van der Waals surface area contributed by atoms with Crippen LogP contribution in [0.3, 0.4) is 0 Å². The Morgan fingerprint density at radius 2 is 2.05 bits per heavy atom. The summed E-state index contributed by atoms with van der Waals surface area (Å²) in [6.07, 6.45) is 1.09. The van der Waals surface area contributed by atoms with Gasteiger partial charge < -0.3 is 4.74 Å². The van der Waals surface area contributed by atoms with Crippen molar-refractivity contribution in [1.82, 2.24) is 4.98 Å². The molecule has 0 fully saturated rings. The van der Waals surface area contributed by atoms with Crippen LogP contribution in [0.25, 0.3) is 0 Å². The summed E-state index contributed by atoms with van der Waals surface area (Å²) in [5.41, 5.74) is -0.831. The molecule has 0 aliphatic carbocycles. The zero-order valence-electron chi connectivity index (χ0n) is 11.3. The van der Waals surface area contributed by atoms with Gasteiger partial charge >= 0.3 is 0 Å². The molecule has 0 saturated heterocycles. The summed E-state index contributed by atoms with van der Waals surface area (Å²) >= 11 is 5.72. The molecule has 0 radical (unpaired) electrons. The van der Waals surface area contributed by atoms with E-state index in [1.54, 1.807) is 19.9 Å². The van der Waals surface area contributed by atoms with Gasteiger partial charge in [-0.15, -0.1) is 0 Å². The van der Waals surface area contributed by atoms with Crippen molar-refractivity contribution in [3.05, 3.63) is 63.0 Å². The maximum Gasteiger partial charge on any atom is 0.287 e. The molecule has 110 valence electrons. The van der Waals surface area contributed by atoms with Gasteiger partial charge in [-0.2, -0.15) is 0 Å². The second-order valence-corrected chi connectivity index (χ2v) is 5.28. The molecule has 0 atom stereocenters. The van der Waals surface area contributed by atoms with E-state index in [0.29, 0.717) is 10.6 Å². The first kappa shape index (κ1) is 15.2. The van der Waals surface area contributed by atoms with Crippen molar-refractivity contribution in [1.29, 1.82) is 0 Å². The van der Waals surface area contributed by atoms with Crippen molar-refractivity contribution in [3.63, 3.8) is 0 Å². The fourth-order valence-electron chi connectivity index (χ4n) is 1.84. The fraction of sp³-hybridized carbons (Fsp3) is 0.214. The number of benzene rings is 1. The SMILES string of the molecule is CC(C)(Oc1ccc([N+](=O)[O-])cn1)c1ccc(Cl)cc1F. The van der Waals surface area contributed by atoms with Gasteiger partial charge in [-0.25, -0.2) is 9.37 Å². The number of hydrogen-bond acceptors (Lipinski definition) is 4. The molecule has 0 aliphatic heterocycles. The number of nitrogens with zero attached hydrogens (tertiary/aromatic N) is 2. The quantitative estimate of drug-likeness (QED) is 0.630. The highest BCUT2D eigenvalue weighted by atomic mass is 35.5. The van der Waals surface area contributed by atoms with E-state index in [9.17, 15) is 14.5 Å². The highest BCUT2D eigenvalue weighted by Crippen LogP contribution is 2.30. The molecule has 1 heterocycles. The number of pyridine rings is 1. The molecule has 2 rings (SSSR count).